The smallest absolute Gasteiger partial charge is 0.244 e. The Balaban J connectivity index is 1.92. The molecule has 0 aliphatic rings. The molecule has 0 spiro atoms. The van der Waals surface area contributed by atoms with Crippen LogP contribution in [0, 0.1) is 6.92 Å². The minimum atomic E-state index is -0.802. The van der Waals surface area contributed by atoms with Gasteiger partial charge in [-0.2, -0.15) is 0 Å². The van der Waals surface area contributed by atoms with Crippen LogP contribution in [-0.4, -0.2) is 24.2 Å². The van der Waals surface area contributed by atoms with Crippen LogP contribution in [0.2, 0.25) is 0 Å². The van der Waals surface area contributed by atoms with Gasteiger partial charge in [0.1, 0.15) is 17.3 Å². The number of ether oxygens (including phenoxy) is 1. The van der Waals surface area contributed by atoms with Gasteiger partial charge in [-0.25, -0.2) is 0 Å². The fourth-order valence-corrected chi connectivity index (χ4v) is 2.14. The molecule has 1 aromatic heterocycles. The number of carbonyl (C=O) groups is 1. The molecular weight excluding hydrogens is 294 g/mol. The Kier molecular flexibility index (Phi) is 5.60. The predicted molar refractivity (Wildman–Crippen MR) is 88.0 cm³/mol. The topological polar surface area (TPSA) is 71.7 Å². The highest BCUT2D eigenvalue weighted by Gasteiger charge is 2.17. The second-order valence-electron chi connectivity index (χ2n) is 5.30. The van der Waals surface area contributed by atoms with Gasteiger partial charge in [-0.1, -0.05) is 12.1 Å². The largest absolute Gasteiger partial charge is 0.497 e. The lowest BCUT2D eigenvalue weighted by atomic mass is 10.0. The molecule has 0 radical (unpaired) electrons. The fraction of sp³-hybridized carbons (Fsp3) is 0.278. The van der Waals surface area contributed by atoms with Crippen LogP contribution in [0.15, 0.2) is 46.9 Å². The Labute approximate surface area is 135 Å². The van der Waals surface area contributed by atoms with Crippen molar-refractivity contribution in [1.29, 1.82) is 0 Å². The van der Waals surface area contributed by atoms with Gasteiger partial charge in [0.15, 0.2) is 0 Å². The molecule has 0 saturated carbocycles. The predicted octanol–water partition coefficient (Wildman–Crippen LogP) is 2.85. The Morgan fingerprint density at radius 2 is 1.96 bits per heavy atom. The first-order valence-corrected chi connectivity index (χ1v) is 7.36. The van der Waals surface area contributed by atoms with Gasteiger partial charge in [-0.15, -0.1) is 0 Å². The van der Waals surface area contributed by atoms with E-state index in [0.29, 0.717) is 17.1 Å². The fourth-order valence-electron chi connectivity index (χ4n) is 2.14. The molecule has 122 valence electrons. The summed E-state index contributed by atoms with van der Waals surface area (Å²) in [4.78, 5) is 11.9. The SMILES string of the molecule is COc1ccc(C(O)C(C)NC(=O)/C=C/c2ccc(C)o2)cc1. The first-order valence-electron chi connectivity index (χ1n) is 7.36. The highest BCUT2D eigenvalue weighted by atomic mass is 16.5. The first-order chi connectivity index (χ1) is 11.0. The molecule has 0 bridgehead atoms. The van der Waals surface area contributed by atoms with E-state index in [-0.39, 0.29) is 5.91 Å². The van der Waals surface area contributed by atoms with E-state index in [4.69, 9.17) is 9.15 Å². The minimum Gasteiger partial charge on any atom is -0.497 e. The van der Waals surface area contributed by atoms with Crippen molar-refractivity contribution >= 4 is 12.0 Å². The van der Waals surface area contributed by atoms with Gasteiger partial charge in [0.05, 0.1) is 19.3 Å². The van der Waals surface area contributed by atoms with Crippen LogP contribution in [0.3, 0.4) is 0 Å². The van der Waals surface area contributed by atoms with Crippen LogP contribution in [0.1, 0.15) is 30.1 Å². The molecule has 0 aliphatic heterocycles. The van der Waals surface area contributed by atoms with Crippen molar-refractivity contribution in [3.8, 4) is 5.75 Å². The Morgan fingerprint density at radius 1 is 1.26 bits per heavy atom. The molecule has 2 N–H and O–H groups in total. The molecule has 23 heavy (non-hydrogen) atoms. The lowest BCUT2D eigenvalue weighted by Gasteiger charge is -2.20. The number of methoxy groups -OCH3 is 1. The number of rotatable bonds is 6. The van der Waals surface area contributed by atoms with Crippen LogP contribution >= 0.6 is 0 Å². The summed E-state index contributed by atoms with van der Waals surface area (Å²) in [5.74, 6) is 1.82. The number of hydrogen-bond donors (Lipinski definition) is 2. The average Bonchev–Trinajstić information content (AvgIpc) is 2.97. The maximum atomic E-state index is 11.9. The highest BCUT2D eigenvalue weighted by molar-refractivity contribution is 5.91. The third kappa shape index (κ3) is 4.72. The van der Waals surface area contributed by atoms with Gasteiger partial charge >= 0.3 is 0 Å². The number of benzene rings is 1. The molecule has 2 unspecified atom stereocenters. The summed E-state index contributed by atoms with van der Waals surface area (Å²) in [6.07, 6.45) is 2.17. The maximum Gasteiger partial charge on any atom is 0.244 e. The summed E-state index contributed by atoms with van der Waals surface area (Å²) in [6, 6.07) is 10.3. The molecule has 0 fully saturated rings. The van der Waals surface area contributed by atoms with Crippen molar-refractivity contribution in [2.75, 3.05) is 7.11 Å². The number of hydrogen-bond acceptors (Lipinski definition) is 4. The van der Waals surface area contributed by atoms with Gasteiger partial charge in [-0.05, 0) is 49.8 Å². The third-order valence-electron chi connectivity index (χ3n) is 3.46. The number of carbonyl (C=O) groups excluding carboxylic acids is 1. The molecule has 1 heterocycles. The number of nitrogens with one attached hydrogen (secondary N) is 1. The molecular formula is C18H21NO4. The van der Waals surface area contributed by atoms with Crippen LogP contribution in [0.4, 0.5) is 0 Å². The highest BCUT2D eigenvalue weighted by Crippen LogP contribution is 2.20. The van der Waals surface area contributed by atoms with E-state index < -0.39 is 12.1 Å². The molecule has 0 saturated heterocycles. The molecule has 0 aliphatic carbocycles. The Morgan fingerprint density at radius 3 is 2.52 bits per heavy atom. The molecule has 2 atom stereocenters. The van der Waals surface area contributed by atoms with E-state index in [0.717, 1.165) is 5.76 Å². The number of furan rings is 1. The summed E-state index contributed by atoms with van der Waals surface area (Å²) in [5, 5.41) is 13.0. The van der Waals surface area contributed by atoms with Gasteiger partial charge in [0, 0.05) is 6.08 Å². The zero-order chi connectivity index (χ0) is 16.8. The van der Waals surface area contributed by atoms with E-state index in [1.54, 1.807) is 50.4 Å². The van der Waals surface area contributed by atoms with Gasteiger partial charge in [0.2, 0.25) is 5.91 Å². The van der Waals surface area contributed by atoms with E-state index in [9.17, 15) is 9.90 Å². The lowest BCUT2D eigenvalue weighted by molar-refractivity contribution is -0.117. The molecule has 1 amide bonds. The van der Waals surface area contributed by atoms with Crippen molar-refractivity contribution in [3.05, 3.63) is 59.6 Å². The number of aliphatic hydroxyl groups excluding tert-OH is 1. The van der Waals surface area contributed by atoms with Crippen molar-refractivity contribution in [2.45, 2.75) is 26.0 Å². The first kappa shape index (κ1) is 16.8. The van der Waals surface area contributed by atoms with Crippen molar-refractivity contribution in [2.24, 2.45) is 0 Å². The van der Waals surface area contributed by atoms with Gasteiger partial charge < -0.3 is 19.6 Å². The van der Waals surface area contributed by atoms with Crippen LogP contribution in [0.25, 0.3) is 6.08 Å². The summed E-state index contributed by atoms with van der Waals surface area (Å²) < 4.78 is 10.4. The van der Waals surface area contributed by atoms with E-state index in [1.165, 1.54) is 6.08 Å². The van der Waals surface area contributed by atoms with Crippen LogP contribution in [-0.2, 0) is 4.79 Å². The van der Waals surface area contributed by atoms with Crippen molar-refractivity contribution < 1.29 is 19.1 Å². The quantitative estimate of drug-likeness (QED) is 0.804. The number of amides is 1. The van der Waals surface area contributed by atoms with E-state index >= 15 is 0 Å². The second kappa shape index (κ2) is 7.65. The third-order valence-corrected chi connectivity index (χ3v) is 3.46. The average molecular weight is 315 g/mol. The zero-order valence-corrected chi connectivity index (χ0v) is 13.4. The van der Waals surface area contributed by atoms with Gasteiger partial charge in [-0.3, -0.25) is 4.79 Å². The zero-order valence-electron chi connectivity index (χ0n) is 13.4. The molecule has 1 aromatic carbocycles. The van der Waals surface area contributed by atoms with Gasteiger partial charge in [0.25, 0.3) is 0 Å². The summed E-state index contributed by atoms with van der Waals surface area (Å²) in [5.41, 5.74) is 0.712. The second-order valence-corrected chi connectivity index (χ2v) is 5.30. The van der Waals surface area contributed by atoms with Crippen LogP contribution < -0.4 is 10.1 Å². The number of aliphatic hydroxyl groups is 1. The summed E-state index contributed by atoms with van der Waals surface area (Å²) >= 11 is 0. The van der Waals surface area contributed by atoms with E-state index in [2.05, 4.69) is 5.32 Å². The van der Waals surface area contributed by atoms with Crippen LogP contribution in [0.5, 0.6) is 5.75 Å². The van der Waals surface area contributed by atoms with E-state index in [1.807, 2.05) is 13.0 Å². The summed E-state index contributed by atoms with van der Waals surface area (Å²) in [6.45, 7) is 3.59. The Bertz CT molecular complexity index is 673. The van der Waals surface area contributed by atoms with Crippen molar-refractivity contribution in [1.82, 2.24) is 5.32 Å². The minimum absolute atomic E-state index is 0.292. The lowest BCUT2D eigenvalue weighted by Crippen LogP contribution is -2.36. The molecule has 5 heteroatoms. The molecule has 5 nitrogen and oxygen atoms in total. The van der Waals surface area contributed by atoms with Crippen molar-refractivity contribution in [3.63, 3.8) is 0 Å². The Hall–Kier alpha value is -2.53. The summed E-state index contributed by atoms with van der Waals surface area (Å²) in [7, 11) is 1.58. The monoisotopic (exact) mass is 315 g/mol. The normalized spacial score (nSPS) is 13.7. The number of aryl methyl sites for hydroxylation is 1. The molecule has 2 aromatic rings. The maximum absolute atomic E-state index is 11.9. The molecule has 2 rings (SSSR count). The standard InChI is InChI=1S/C18H21NO4/c1-12-4-7-16(23-12)10-11-17(20)19-13(2)18(21)14-5-8-15(22-3)9-6-14/h4-11,13,18,21H,1-3H3,(H,19,20)/b11-10+.